The van der Waals surface area contributed by atoms with Gasteiger partial charge < -0.3 is 9.32 Å². The van der Waals surface area contributed by atoms with E-state index in [1.54, 1.807) is 42.5 Å². The number of hydrogen-bond donors (Lipinski definition) is 0. The van der Waals surface area contributed by atoms with Crippen LogP contribution in [0.15, 0.2) is 41.0 Å². The van der Waals surface area contributed by atoms with Crippen LogP contribution in [0.25, 0.3) is 0 Å². The van der Waals surface area contributed by atoms with Gasteiger partial charge in [-0.25, -0.2) is 0 Å². The van der Waals surface area contributed by atoms with Crippen LogP contribution in [0.1, 0.15) is 29.1 Å². The van der Waals surface area contributed by atoms with Gasteiger partial charge in [-0.2, -0.15) is 0 Å². The number of furan rings is 1. The van der Waals surface area contributed by atoms with E-state index in [1.165, 1.54) is 0 Å². The second kappa shape index (κ2) is 5.68. The summed E-state index contributed by atoms with van der Waals surface area (Å²) in [6.45, 7) is 1.89. The van der Waals surface area contributed by atoms with E-state index in [4.69, 9.17) is 27.6 Å². The second-order valence-corrected chi connectivity index (χ2v) is 5.14. The fourth-order valence-electron chi connectivity index (χ4n) is 1.78. The van der Waals surface area contributed by atoms with Crippen molar-refractivity contribution in [3.05, 3.63) is 58.0 Å². The first-order valence-electron chi connectivity index (χ1n) is 5.75. The summed E-state index contributed by atoms with van der Waals surface area (Å²) in [6, 6.07) is 8.25. The van der Waals surface area contributed by atoms with Crippen molar-refractivity contribution < 1.29 is 9.21 Å². The molecule has 1 unspecified atom stereocenters. The molecule has 0 aliphatic carbocycles. The summed E-state index contributed by atoms with van der Waals surface area (Å²) in [5, 5.41) is 0.879. The molecule has 0 aliphatic heterocycles. The van der Waals surface area contributed by atoms with Gasteiger partial charge in [0.05, 0.1) is 12.3 Å². The van der Waals surface area contributed by atoms with Gasteiger partial charge in [0, 0.05) is 22.7 Å². The molecule has 1 amide bonds. The third-order valence-electron chi connectivity index (χ3n) is 2.97. The molecule has 0 N–H and O–H groups in total. The molecule has 2 rings (SSSR count). The Morgan fingerprint density at radius 1 is 1.26 bits per heavy atom. The van der Waals surface area contributed by atoms with Crippen LogP contribution in [0, 0.1) is 0 Å². The molecule has 0 aliphatic rings. The van der Waals surface area contributed by atoms with Gasteiger partial charge in [0.1, 0.15) is 5.76 Å². The normalized spacial score (nSPS) is 12.2. The zero-order valence-corrected chi connectivity index (χ0v) is 12.1. The first-order valence-corrected chi connectivity index (χ1v) is 6.51. The maximum atomic E-state index is 12.4. The second-order valence-electron chi connectivity index (χ2n) is 4.27. The minimum absolute atomic E-state index is 0.159. The first-order chi connectivity index (χ1) is 8.99. The van der Waals surface area contributed by atoms with Crippen LogP contribution >= 0.6 is 23.2 Å². The summed E-state index contributed by atoms with van der Waals surface area (Å²) in [5.41, 5.74) is 0.457. The molecule has 2 aromatic rings. The summed E-state index contributed by atoms with van der Waals surface area (Å²) >= 11 is 11.8. The number of amides is 1. The standard InChI is InChI=1S/C14H13Cl2NO2/c1-9(13-4-3-5-19-13)17(2)14(18)10-6-11(15)8-12(16)7-10/h3-9H,1-2H3. The zero-order valence-electron chi connectivity index (χ0n) is 10.6. The highest BCUT2D eigenvalue weighted by Crippen LogP contribution is 2.24. The maximum absolute atomic E-state index is 12.4. The lowest BCUT2D eigenvalue weighted by Crippen LogP contribution is -2.29. The lowest BCUT2D eigenvalue weighted by molar-refractivity contribution is 0.0726. The monoisotopic (exact) mass is 297 g/mol. The molecule has 1 heterocycles. The lowest BCUT2D eigenvalue weighted by Gasteiger charge is -2.23. The number of carbonyl (C=O) groups excluding carboxylic acids is 1. The van der Waals surface area contributed by atoms with Gasteiger partial charge in [0.2, 0.25) is 0 Å². The first kappa shape index (κ1) is 14.0. The average Bonchev–Trinajstić information content (AvgIpc) is 2.88. The van der Waals surface area contributed by atoms with Gasteiger partial charge >= 0.3 is 0 Å². The van der Waals surface area contributed by atoms with E-state index in [-0.39, 0.29) is 11.9 Å². The number of halogens is 2. The molecule has 0 spiro atoms. The minimum atomic E-state index is -0.166. The molecule has 0 saturated heterocycles. The van der Waals surface area contributed by atoms with E-state index in [0.717, 1.165) is 5.76 Å². The van der Waals surface area contributed by atoms with Crippen molar-refractivity contribution in [3.8, 4) is 0 Å². The van der Waals surface area contributed by atoms with E-state index in [1.807, 2.05) is 13.0 Å². The van der Waals surface area contributed by atoms with Crippen molar-refractivity contribution in [2.75, 3.05) is 7.05 Å². The Morgan fingerprint density at radius 3 is 2.42 bits per heavy atom. The van der Waals surface area contributed by atoms with Gasteiger partial charge in [-0.05, 0) is 37.3 Å². The molecule has 0 saturated carbocycles. The quantitative estimate of drug-likeness (QED) is 0.840. The van der Waals surface area contributed by atoms with Crippen molar-refractivity contribution in [1.29, 1.82) is 0 Å². The van der Waals surface area contributed by atoms with Gasteiger partial charge in [0.15, 0.2) is 0 Å². The van der Waals surface area contributed by atoms with Crippen LogP contribution in [0.5, 0.6) is 0 Å². The van der Waals surface area contributed by atoms with E-state index in [9.17, 15) is 4.79 Å². The lowest BCUT2D eigenvalue weighted by atomic mass is 10.1. The third kappa shape index (κ3) is 3.11. The molecule has 1 aromatic carbocycles. The molecule has 3 nitrogen and oxygen atoms in total. The SMILES string of the molecule is CC(c1ccco1)N(C)C(=O)c1cc(Cl)cc(Cl)c1. The molecule has 1 aromatic heterocycles. The van der Waals surface area contributed by atoms with Crippen LogP contribution in [0.2, 0.25) is 10.0 Å². The van der Waals surface area contributed by atoms with Crippen molar-refractivity contribution in [2.45, 2.75) is 13.0 Å². The summed E-state index contributed by atoms with van der Waals surface area (Å²) in [7, 11) is 1.71. The summed E-state index contributed by atoms with van der Waals surface area (Å²) in [6.07, 6.45) is 1.58. The smallest absolute Gasteiger partial charge is 0.254 e. The van der Waals surface area contributed by atoms with Gasteiger partial charge in [-0.15, -0.1) is 0 Å². The fourth-order valence-corrected chi connectivity index (χ4v) is 2.30. The number of benzene rings is 1. The fraction of sp³-hybridized carbons (Fsp3) is 0.214. The number of hydrogen-bond acceptors (Lipinski definition) is 2. The predicted molar refractivity (Wildman–Crippen MR) is 75.7 cm³/mol. The Bertz CT molecular complexity index is 561. The molecule has 0 fully saturated rings. The molecule has 0 radical (unpaired) electrons. The Labute approximate surface area is 121 Å². The highest BCUT2D eigenvalue weighted by Gasteiger charge is 2.21. The Hall–Kier alpha value is -1.45. The van der Waals surface area contributed by atoms with Crippen LogP contribution in [0.4, 0.5) is 0 Å². The number of rotatable bonds is 3. The maximum Gasteiger partial charge on any atom is 0.254 e. The van der Waals surface area contributed by atoms with Crippen molar-refractivity contribution in [2.24, 2.45) is 0 Å². The van der Waals surface area contributed by atoms with Crippen LogP contribution in [-0.2, 0) is 0 Å². The highest BCUT2D eigenvalue weighted by atomic mass is 35.5. The minimum Gasteiger partial charge on any atom is -0.467 e. The van der Waals surface area contributed by atoms with Gasteiger partial charge in [-0.1, -0.05) is 23.2 Å². The van der Waals surface area contributed by atoms with E-state index >= 15 is 0 Å². The van der Waals surface area contributed by atoms with E-state index in [2.05, 4.69) is 0 Å². The average molecular weight is 298 g/mol. The molecule has 100 valence electrons. The highest BCUT2D eigenvalue weighted by molar-refractivity contribution is 6.35. The summed E-state index contributed by atoms with van der Waals surface area (Å²) in [5.74, 6) is 0.567. The summed E-state index contributed by atoms with van der Waals surface area (Å²) < 4.78 is 5.30. The largest absolute Gasteiger partial charge is 0.467 e. The van der Waals surface area contributed by atoms with E-state index < -0.39 is 0 Å². The third-order valence-corrected chi connectivity index (χ3v) is 3.40. The van der Waals surface area contributed by atoms with Crippen molar-refractivity contribution in [1.82, 2.24) is 4.90 Å². The molecule has 5 heteroatoms. The molecule has 0 bridgehead atoms. The number of carbonyl (C=O) groups is 1. The van der Waals surface area contributed by atoms with Crippen molar-refractivity contribution >= 4 is 29.1 Å². The Morgan fingerprint density at radius 2 is 1.89 bits per heavy atom. The number of nitrogens with zero attached hydrogens (tertiary/aromatic N) is 1. The zero-order chi connectivity index (χ0) is 14.0. The van der Waals surface area contributed by atoms with Crippen LogP contribution in [0.3, 0.4) is 0 Å². The Kier molecular flexibility index (Phi) is 4.17. The van der Waals surface area contributed by atoms with Crippen LogP contribution in [-0.4, -0.2) is 17.9 Å². The van der Waals surface area contributed by atoms with Gasteiger partial charge in [0.25, 0.3) is 5.91 Å². The molecule has 1 atom stereocenters. The Balaban J connectivity index is 2.23. The summed E-state index contributed by atoms with van der Waals surface area (Å²) in [4.78, 5) is 13.9. The molecular weight excluding hydrogens is 285 g/mol. The van der Waals surface area contributed by atoms with Crippen LogP contribution < -0.4 is 0 Å². The molecular formula is C14H13Cl2NO2. The van der Waals surface area contributed by atoms with E-state index in [0.29, 0.717) is 15.6 Å². The topological polar surface area (TPSA) is 33.5 Å². The predicted octanol–water partition coefficient (Wildman–Crippen LogP) is 4.42. The van der Waals surface area contributed by atoms with Crippen molar-refractivity contribution in [3.63, 3.8) is 0 Å². The van der Waals surface area contributed by atoms with Gasteiger partial charge in [-0.3, -0.25) is 4.79 Å². The molecule has 19 heavy (non-hydrogen) atoms.